The van der Waals surface area contributed by atoms with Crippen molar-refractivity contribution < 1.29 is 13.2 Å². The molecule has 8 heteroatoms. The van der Waals surface area contributed by atoms with Gasteiger partial charge in [-0.05, 0) is 67.5 Å². The van der Waals surface area contributed by atoms with Gasteiger partial charge >= 0.3 is 0 Å². The Morgan fingerprint density at radius 1 is 0.935 bits per heavy atom. The molecule has 1 aromatic heterocycles. The van der Waals surface area contributed by atoms with E-state index in [-0.39, 0.29) is 5.91 Å². The van der Waals surface area contributed by atoms with Gasteiger partial charge in [0.05, 0.1) is 4.90 Å². The van der Waals surface area contributed by atoms with Gasteiger partial charge in [0.1, 0.15) is 5.82 Å². The molecule has 0 atom stereocenters. The molecule has 7 nitrogen and oxygen atoms in total. The Morgan fingerprint density at radius 2 is 1.61 bits per heavy atom. The minimum atomic E-state index is -3.39. The van der Waals surface area contributed by atoms with Crippen molar-refractivity contribution in [2.75, 3.05) is 31.1 Å². The van der Waals surface area contributed by atoms with Crippen LogP contribution in [0.15, 0.2) is 47.5 Å². The summed E-state index contributed by atoms with van der Waals surface area (Å²) in [4.78, 5) is 19.3. The van der Waals surface area contributed by atoms with E-state index in [2.05, 4.69) is 15.2 Å². The molecule has 166 valence electrons. The molecule has 0 aliphatic carbocycles. The average Bonchev–Trinajstić information content (AvgIpc) is 3.51. The van der Waals surface area contributed by atoms with Gasteiger partial charge in [-0.25, -0.2) is 13.4 Å². The number of aromatic nitrogens is 1. The molecular weight excluding hydrogens is 412 g/mol. The number of anilines is 1. The van der Waals surface area contributed by atoms with Crippen molar-refractivity contribution in [3.8, 4) is 0 Å². The topological polar surface area (TPSA) is 82.6 Å². The lowest BCUT2D eigenvalue weighted by Gasteiger charge is -2.17. The molecule has 1 aromatic carbocycles. The van der Waals surface area contributed by atoms with Crippen LogP contribution in [0.5, 0.6) is 0 Å². The van der Waals surface area contributed by atoms with Gasteiger partial charge in [-0.1, -0.05) is 12.1 Å². The van der Waals surface area contributed by atoms with Gasteiger partial charge < -0.3 is 10.2 Å². The molecular formula is C23H30N4O3S. The highest BCUT2D eigenvalue weighted by molar-refractivity contribution is 7.89. The van der Waals surface area contributed by atoms with E-state index in [1.807, 2.05) is 12.1 Å². The molecule has 0 bridgehead atoms. The average molecular weight is 443 g/mol. The second kappa shape index (κ2) is 9.78. The summed E-state index contributed by atoms with van der Waals surface area (Å²) in [6.07, 6.45) is 6.99. The molecule has 0 radical (unpaired) electrons. The lowest BCUT2D eigenvalue weighted by molar-refractivity contribution is -0.121. The van der Waals surface area contributed by atoms with E-state index >= 15 is 0 Å². The molecule has 0 spiro atoms. The van der Waals surface area contributed by atoms with Crippen LogP contribution in [0.25, 0.3) is 0 Å². The molecule has 1 N–H and O–H groups in total. The molecule has 2 saturated heterocycles. The van der Waals surface area contributed by atoms with Crippen LogP contribution in [-0.2, 0) is 27.8 Å². The van der Waals surface area contributed by atoms with Crippen molar-refractivity contribution in [1.29, 1.82) is 0 Å². The number of carbonyl (C=O) groups is 1. The van der Waals surface area contributed by atoms with Crippen molar-refractivity contribution in [1.82, 2.24) is 14.6 Å². The van der Waals surface area contributed by atoms with Gasteiger partial charge in [-0.3, -0.25) is 4.79 Å². The van der Waals surface area contributed by atoms with Crippen LogP contribution >= 0.6 is 0 Å². The SMILES string of the molecule is O=C(CCc1ccc(S(=O)(=O)N2CCCC2)cc1)NCc1ccnc(N2CCCC2)c1. The largest absolute Gasteiger partial charge is 0.357 e. The molecule has 31 heavy (non-hydrogen) atoms. The summed E-state index contributed by atoms with van der Waals surface area (Å²) < 4.78 is 26.7. The number of carbonyl (C=O) groups excluding carboxylic acids is 1. The van der Waals surface area contributed by atoms with E-state index in [9.17, 15) is 13.2 Å². The number of nitrogens with zero attached hydrogens (tertiary/aromatic N) is 3. The summed E-state index contributed by atoms with van der Waals surface area (Å²) in [5.74, 6) is 0.960. The van der Waals surface area contributed by atoms with Gasteiger partial charge in [-0.15, -0.1) is 0 Å². The van der Waals surface area contributed by atoms with E-state index in [0.717, 1.165) is 42.9 Å². The van der Waals surface area contributed by atoms with Crippen molar-refractivity contribution in [3.63, 3.8) is 0 Å². The fourth-order valence-corrected chi connectivity index (χ4v) is 5.66. The smallest absolute Gasteiger partial charge is 0.243 e. The monoisotopic (exact) mass is 442 g/mol. The second-order valence-electron chi connectivity index (χ2n) is 8.25. The number of hydrogen-bond acceptors (Lipinski definition) is 5. The zero-order valence-corrected chi connectivity index (χ0v) is 18.6. The third-order valence-corrected chi connectivity index (χ3v) is 7.91. The number of sulfonamides is 1. The number of aryl methyl sites for hydroxylation is 1. The molecule has 2 aliphatic rings. The lowest BCUT2D eigenvalue weighted by atomic mass is 10.1. The first kappa shape index (κ1) is 21.8. The quantitative estimate of drug-likeness (QED) is 0.680. The summed E-state index contributed by atoms with van der Waals surface area (Å²) in [7, 11) is -3.39. The Morgan fingerprint density at radius 3 is 2.32 bits per heavy atom. The maximum Gasteiger partial charge on any atom is 0.243 e. The Kier molecular flexibility index (Phi) is 6.87. The molecule has 4 rings (SSSR count). The van der Waals surface area contributed by atoms with Crippen molar-refractivity contribution in [2.45, 2.75) is 50.0 Å². The van der Waals surface area contributed by atoms with Crippen LogP contribution in [0.2, 0.25) is 0 Å². The standard InChI is InChI=1S/C23H30N4O3S/c28-23(25-18-20-11-12-24-22(17-20)26-13-1-2-14-26)10-7-19-5-8-21(9-6-19)31(29,30)27-15-3-4-16-27/h5-6,8-9,11-12,17H,1-4,7,10,13-16,18H2,(H,25,28). The van der Waals surface area contributed by atoms with Crippen LogP contribution in [0.4, 0.5) is 5.82 Å². The summed E-state index contributed by atoms with van der Waals surface area (Å²) in [5.41, 5.74) is 2.00. The van der Waals surface area contributed by atoms with Crippen molar-refractivity contribution in [2.24, 2.45) is 0 Å². The Bertz CT molecular complexity index is 996. The molecule has 1 amide bonds. The Balaban J connectivity index is 1.26. The molecule has 2 fully saturated rings. The summed E-state index contributed by atoms with van der Waals surface area (Å²) in [6, 6.07) is 10.9. The van der Waals surface area contributed by atoms with Gasteiger partial charge in [-0.2, -0.15) is 4.31 Å². The third-order valence-electron chi connectivity index (χ3n) is 6.00. The number of hydrogen-bond donors (Lipinski definition) is 1. The minimum absolute atomic E-state index is 0.0201. The van der Waals surface area contributed by atoms with E-state index < -0.39 is 10.0 Å². The maximum atomic E-state index is 12.6. The fourth-order valence-electron chi connectivity index (χ4n) is 4.14. The molecule has 0 unspecified atom stereocenters. The lowest BCUT2D eigenvalue weighted by Crippen LogP contribution is -2.27. The highest BCUT2D eigenvalue weighted by Gasteiger charge is 2.26. The molecule has 2 aromatic rings. The van der Waals surface area contributed by atoms with E-state index in [0.29, 0.717) is 37.4 Å². The first-order valence-corrected chi connectivity index (χ1v) is 12.5. The van der Waals surface area contributed by atoms with Crippen LogP contribution < -0.4 is 10.2 Å². The Hall–Kier alpha value is -2.45. The van der Waals surface area contributed by atoms with E-state index in [1.54, 1.807) is 34.8 Å². The number of pyridine rings is 1. The van der Waals surface area contributed by atoms with E-state index in [4.69, 9.17) is 0 Å². The van der Waals surface area contributed by atoms with Crippen LogP contribution in [-0.4, -0.2) is 49.8 Å². The summed E-state index contributed by atoms with van der Waals surface area (Å²) in [6.45, 7) is 3.76. The van der Waals surface area contributed by atoms with Gasteiger partial charge in [0.15, 0.2) is 0 Å². The normalized spacial score (nSPS) is 17.2. The predicted octanol–water partition coefficient (Wildman–Crippen LogP) is 2.72. The number of nitrogens with one attached hydrogen (secondary N) is 1. The zero-order chi connectivity index (χ0) is 21.7. The Labute approximate surface area is 184 Å². The highest BCUT2D eigenvalue weighted by Crippen LogP contribution is 2.21. The van der Waals surface area contributed by atoms with Crippen LogP contribution in [0, 0.1) is 0 Å². The van der Waals surface area contributed by atoms with E-state index in [1.165, 1.54) is 12.8 Å². The third kappa shape index (κ3) is 5.43. The minimum Gasteiger partial charge on any atom is -0.357 e. The second-order valence-corrected chi connectivity index (χ2v) is 10.2. The zero-order valence-electron chi connectivity index (χ0n) is 17.8. The van der Waals surface area contributed by atoms with Crippen molar-refractivity contribution >= 4 is 21.7 Å². The fraction of sp³-hybridized carbons (Fsp3) is 0.478. The van der Waals surface area contributed by atoms with Gasteiger partial charge in [0.2, 0.25) is 15.9 Å². The highest BCUT2D eigenvalue weighted by atomic mass is 32.2. The number of rotatable bonds is 8. The van der Waals surface area contributed by atoms with Gasteiger partial charge in [0.25, 0.3) is 0 Å². The van der Waals surface area contributed by atoms with Crippen LogP contribution in [0.1, 0.15) is 43.2 Å². The summed E-state index contributed by atoms with van der Waals surface area (Å²) >= 11 is 0. The van der Waals surface area contributed by atoms with Crippen LogP contribution in [0.3, 0.4) is 0 Å². The predicted molar refractivity (Wildman–Crippen MR) is 120 cm³/mol. The van der Waals surface area contributed by atoms with Gasteiger partial charge in [0, 0.05) is 45.3 Å². The molecule has 2 aliphatic heterocycles. The number of amides is 1. The first-order valence-electron chi connectivity index (χ1n) is 11.1. The molecule has 3 heterocycles. The summed E-state index contributed by atoms with van der Waals surface area (Å²) in [5, 5.41) is 2.97. The maximum absolute atomic E-state index is 12.6. The number of benzene rings is 1. The molecule has 0 saturated carbocycles. The first-order chi connectivity index (χ1) is 15.0. The van der Waals surface area contributed by atoms with Crippen molar-refractivity contribution in [3.05, 3.63) is 53.7 Å².